The van der Waals surface area contributed by atoms with E-state index in [-0.39, 0.29) is 29.7 Å². The van der Waals surface area contributed by atoms with E-state index in [1.807, 2.05) is 0 Å². The van der Waals surface area contributed by atoms with Crippen LogP contribution in [0.15, 0.2) is 33.7 Å². The second-order valence-corrected chi connectivity index (χ2v) is 8.22. The third kappa shape index (κ3) is 3.57. The van der Waals surface area contributed by atoms with E-state index in [0.29, 0.717) is 10.8 Å². The summed E-state index contributed by atoms with van der Waals surface area (Å²) in [7, 11) is -2.20. The summed E-state index contributed by atoms with van der Waals surface area (Å²) < 4.78 is 31.3. The van der Waals surface area contributed by atoms with Crippen molar-refractivity contribution in [3.8, 4) is 0 Å². The van der Waals surface area contributed by atoms with E-state index < -0.39 is 15.6 Å². The lowest BCUT2D eigenvalue weighted by Crippen LogP contribution is -2.44. The van der Waals surface area contributed by atoms with Gasteiger partial charge in [-0.25, -0.2) is 8.42 Å². The molecule has 10 heteroatoms. The van der Waals surface area contributed by atoms with Crippen LogP contribution in [0.2, 0.25) is 5.02 Å². The Kier molecular flexibility index (Phi) is 5.56. The summed E-state index contributed by atoms with van der Waals surface area (Å²) in [5, 5.41) is 4.35. The van der Waals surface area contributed by atoms with Crippen LogP contribution in [0.25, 0.3) is 0 Å². The molecule has 3 rings (SSSR count). The first-order chi connectivity index (χ1) is 10.8. The van der Waals surface area contributed by atoms with Gasteiger partial charge in [-0.05, 0) is 43.5 Å². The number of halogens is 2. The molecule has 1 aliphatic carbocycles. The second-order valence-electron chi connectivity index (χ2n) is 5.74. The van der Waals surface area contributed by atoms with Gasteiger partial charge in [0.2, 0.25) is 15.9 Å². The molecular formula is C14H18Cl2N4O3S. The Morgan fingerprint density at radius 3 is 2.50 bits per heavy atom. The van der Waals surface area contributed by atoms with Crippen molar-refractivity contribution in [3.05, 3.63) is 41.0 Å². The van der Waals surface area contributed by atoms with Gasteiger partial charge in [0.05, 0.1) is 17.0 Å². The summed E-state index contributed by atoms with van der Waals surface area (Å²) in [4.78, 5) is 4.39. The predicted molar refractivity (Wildman–Crippen MR) is 91.4 cm³/mol. The summed E-state index contributed by atoms with van der Waals surface area (Å²) in [5.74, 6) is 0.660. The molecule has 7 nitrogen and oxygen atoms in total. The van der Waals surface area contributed by atoms with Crippen LogP contribution in [0.1, 0.15) is 31.0 Å². The quantitative estimate of drug-likeness (QED) is 0.836. The predicted octanol–water partition coefficient (Wildman–Crippen LogP) is 2.30. The van der Waals surface area contributed by atoms with Crippen molar-refractivity contribution >= 4 is 34.0 Å². The maximum Gasteiger partial charge on any atom is 0.243 e. The van der Waals surface area contributed by atoms with Gasteiger partial charge in [0.1, 0.15) is 0 Å². The van der Waals surface area contributed by atoms with Crippen molar-refractivity contribution in [3.63, 3.8) is 0 Å². The van der Waals surface area contributed by atoms with Crippen molar-refractivity contribution in [1.29, 1.82) is 0 Å². The Morgan fingerprint density at radius 2 is 1.96 bits per heavy atom. The third-order valence-corrected chi connectivity index (χ3v) is 6.11. The number of nitrogens with zero attached hydrogens (tertiary/aromatic N) is 3. The topological polar surface area (TPSA) is 102 Å². The van der Waals surface area contributed by atoms with E-state index in [0.717, 1.165) is 23.6 Å². The van der Waals surface area contributed by atoms with E-state index in [1.165, 1.54) is 31.3 Å². The molecule has 1 fully saturated rings. The van der Waals surface area contributed by atoms with Crippen LogP contribution in [0.5, 0.6) is 0 Å². The van der Waals surface area contributed by atoms with Gasteiger partial charge in [0, 0.05) is 12.1 Å². The molecule has 0 radical (unpaired) electrons. The highest BCUT2D eigenvalue weighted by atomic mass is 35.5. The minimum Gasteiger partial charge on any atom is -0.338 e. The number of sulfonamides is 1. The average molecular weight is 393 g/mol. The number of benzene rings is 1. The smallest absolute Gasteiger partial charge is 0.243 e. The van der Waals surface area contributed by atoms with Crippen LogP contribution in [0, 0.1) is 0 Å². The fraction of sp³-hybridized carbons (Fsp3) is 0.429. The van der Waals surface area contributed by atoms with Gasteiger partial charge in [-0.2, -0.15) is 9.29 Å². The van der Waals surface area contributed by atoms with Crippen molar-refractivity contribution in [2.24, 2.45) is 5.73 Å². The molecule has 1 heterocycles. The zero-order chi connectivity index (χ0) is 16.7. The molecular weight excluding hydrogens is 375 g/mol. The third-order valence-electron chi connectivity index (χ3n) is 4.04. The Morgan fingerprint density at radius 1 is 1.33 bits per heavy atom. The molecule has 0 amide bonds. The molecule has 0 aliphatic heterocycles. The van der Waals surface area contributed by atoms with Crippen LogP contribution >= 0.6 is 24.0 Å². The van der Waals surface area contributed by atoms with Gasteiger partial charge in [0.15, 0.2) is 5.82 Å². The van der Waals surface area contributed by atoms with E-state index in [2.05, 4.69) is 10.1 Å². The minimum atomic E-state index is -3.66. The van der Waals surface area contributed by atoms with Gasteiger partial charge in [0.25, 0.3) is 0 Å². The zero-order valence-corrected chi connectivity index (χ0v) is 15.4. The van der Waals surface area contributed by atoms with Gasteiger partial charge in [-0.15, -0.1) is 12.4 Å². The number of hydrogen-bond acceptors (Lipinski definition) is 6. The molecule has 2 N–H and O–H groups in total. The molecule has 0 bridgehead atoms. The minimum absolute atomic E-state index is 0. The van der Waals surface area contributed by atoms with E-state index >= 15 is 0 Å². The first kappa shape index (κ1) is 19.1. The lowest BCUT2D eigenvalue weighted by Gasteiger charge is -2.34. The second kappa shape index (κ2) is 6.97. The summed E-state index contributed by atoms with van der Waals surface area (Å²) in [6.07, 6.45) is 2.65. The monoisotopic (exact) mass is 392 g/mol. The van der Waals surface area contributed by atoms with E-state index in [9.17, 15) is 8.42 Å². The highest BCUT2D eigenvalue weighted by Gasteiger charge is 2.39. The molecule has 0 unspecified atom stereocenters. The van der Waals surface area contributed by atoms with Crippen LogP contribution in [-0.4, -0.2) is 29.9 Å². The molecule has 2 aromatic rings. The van der Waals surface area contributed by atoms with Gasteiger partial charge in [-0.1, -0.05) is 16.8 Å². The molecule has 1 saturated carbocycles. The van der Waals surface area contributed by atoms with Crippen molar-refractivity contribution in [2.75, 3.05) is 7.05 Å². The van der Waals surface area contributed by atoms with Crippen LogP contribution in [0.4, 0.5) is 0 Å². The summed E-state index contributed by atoms with van der Waals surface area (Å²) in [6.45, 7) is -0.0198. The number of nitrogens with two attached hydrogens (primary N) is 1. The fourth-order valence-electron chi connectivity index (χ4n) is 2.36. The van der Waals surface area contributed by atoms with Crippen LogP contribution in [0.3, 0.4) is 0 Å². The molecule has 132 valence electrons. The summed E-state index contributed by atoms with van der Waals surface area (Å²) >= 11 is 5.78. The maximum absolute atomic E-state index is 12.5. The van der Waals surface area contributed by atoms with Crippen molar-refractivity contribution in [2.45, 2.75) is 36.2 Å². The molecule has 1 aromatic carbocycles. The Balaban J connectivity index is 0.00000208. The normalized spacial score (nSPS) is 16.5. The van der Waals surface area contributed by atoms with Crippen LogP contribution in [-0.2, 0) is 22.1 Å². The molecule has 0 spiro atoms. The van der Waals surface area contributed by atoms with Gasteiger partial charge >= 0.3 is 0 Å². The Labute approximate surface area is 151 Å². The number of hydrogen-bond donors (Lipinski definition) is 1. The van der Waals surface area contributed by atoms with Gasteiger partial charge in [-0.3, -0.25) is 0 Å². The largest absolute Gasteiger partial charge is 0.338 e. The molecule has 1 aromatic heterocycles. The Bertz CT molecular complexity index is 804. The number of aromatic nitrogens is 2. The van der Waals surface area contributed by atoms with Crippen LogP contribution < -0.4 is 5.73 Å². The fourth-order valence-corrected chi connectivity index (χ4v) is 3.61. The molecule has 1 aliphatic rings. The maximum atomic E-state index is 12.5. The SMILES string of the molecule is CN(Cc1nc(C2(N)CCC2)no1)S(=O)(=O)c1ccc(Cl)cc1.Cl. The van der Waals surface area contributed by atoms with Crippen molar-refractivity contribution < 1.29 is 12.9 Å². The summed E-state index contributed by atoms with van der Waals surface area (Å²) in [6, 6.07) is 5.97. The first-order valence-corrected chi connectivity index (χ1v) is 8.97. The zero-order valence-electron chi connectivity index (χ0n) is 13.0. The highest BCUT2D eigenvalue weighted by molar-refractivity contribution is 7.89. The van der Waals surface area contributed by atoms with Crippen molar-refractivity contribution in [1.82, 2.24) is 14.4 Å². The van der Waals surface area contributed by atoms with E-state index in [4.69, 9.17) is 21.9 Å². The first-order valence-electron chi connectivity index (χ1n) is 7.15. The van der Waals surface area contributed by atoms with Gasteiger partial charge < -0.3 is 10.3 Å². The van der Waals surface area contributed by atoms with E-state index in [1.54, 1.807) is 0 Å². The molecule has 0 atom stereocenters. The Hall–Kier alpha value is -1.19. The highest BCUT2D eigenvalue weighted by Crippen LogP contribution is 2.36. The lowest BCUT2D eigenvalue weighted by molar-refractivity contribution is 0.228. The number of rotatable bonds is 5. The molecule has 0 saturated heterocycles. The lowest BCUT2D eigenvalue weighted by atomic mass is 9.77. The standard InChI is InChI=1S/C14H17ClN4O3S.ClH/c1-19(23(20,21)11-5-3-10(15)4-6-11)9-12-17-13(18-22-12)14(16)7-2-8-14;/h3-6H,2,7-9,16H2,1H3;1H. The molecule has 24 heavy (non-hydrogen) atoms. The summed E-state index contributed by atoms with van der Waals surface area (Å²) in [5.41, 5.74) is 5.60. The average Bonchev–Trinajstić information content (AvgIpc) is 2.94.